The molecule has 12 rings (SSSR count). The molecule has 0 unspecified atom stereocenters. The van der Waals surface area contributed by atoms with E-state index >= 15 is 13.2 Å². The Morgan fingerprint density at radius 3 is 0.433 bits per heavy atom. The van der Waals surface area contributed by atoms with Crippen molar-refractivity contribution in [2.75, 3.05) is 0 Å². The highest BCUT2D eigenvalue weighted by Gasteiger charge is 2.47. The van der Waals surface area contributed by atoms with Crippen LogP contribution in [0.3, 0.4) is 0 Å². The molecule has 0 saturated heterocycles. The minimum absolute atomic E-state index is 0.0571. The zero-order valence-electron chi connectivity index (χ0n) is 74.8. The summed E-state index contributed by atoms with van der Waals surface area (Å²) in [6, 6.07) is 62.0. The monoisotopic (exact) mass is 1750 g/mol. The molecule has 0 aliphatic carbocycles. The Kier molecular flexibility index (Phi) is 38.9. The Morgan fingerprint density at radius 1 is 0.189 bits per heavy atom. The fourth-order valence-electron chi connectivity index (χ4n) is 17.3. The van der Waals surface area contributed by atoms with Gasteiger partial charge < -0.3 is 15.1 Å². The van der Waals surface area contributed by atoms with Gasteiger partial charge in [0, 0.05) is 144 Å². The minimum Gasteiger partial charge on any atom is -0.907 e. The zero-order valence-corrected chi connectivity index (χ0v) is 74.8. The lowest BCUT2D eigenvalue weighted by atomic mass is 9.89. The van der Waals surface area contributed by atoms with Gasteiger partial charge in [-0.05, 0) is 258 Å². The number of hydrogen-bond acceptors (Lipinski definition) is 3. The van der Waals surface area contributed by atoms with Crippen molar-refractivity contribution in [2.24, 2.45) is 0 Å². The van der Waals surface area contributed by atoms with Gasteiger partial charge in [0.1, 0.15) is 121 Å². The maximum atomic E-state index is 16.4. The molecule has 0 atom stereocenters. The molecule has 0 fully saturated rings. The first-order valence-corrected chi connectivity index (χ1v) is 45.3. The Labute approximate surface area is 744 Å². The van der Waals surface area contributed by atoms with Crippen molar-refractivity contribution in [2.45, 2.75) is 236 Å². The van der Waals surface area contributed by atoms with Gasteiger partial charge in [-0.25, -0.2) is 52.7 Å². The molecule has 672 valence electrons. The average Bonchev–Trinajstić information content (AvgIpc) is 0.727. The van der Waals surface area contributed by atoms with E-state index in [1.807, 2.05) is 18.2 Å². The second-order valence-electron chi connectivity index (χ2n) is 32.5. The molecule has 0 aliphatic heterocycles. The van der Waals surface area contributed by atoms with Gasteiger partial charge in [-0.2, -0.15) is 13.4 Å². The van der Waals surface area contributed by atoms with Crippen LogP contribution in [0, 0.1) is 69.8 Å². The molecule has 6 nitrogen and oxygen atoms in total. The molecule has 0 heterocycles. The first kappa shape index (κ1) is 100. The van der Waals surface area contributed by atoms with Crippen LogP contribution in [0.1, 0.15) is 228 Å². The maximum absolute atomic E-state index is 16.4. The predicted molar refractivity (Wildman–Crippen MR) is 492 cm³/mol. The van der Waals surface area contributed by atoms with Crippen LogP contribution in [0.5, 0.6) is 0 Å². The summed E-state index contributed by atoms with van der Waals surface area (Å²) in [7, 11) is -2.92. The first-order valence-electron chi connectivity index (χ1n) is 45.3. The van der Waals surface area contributed by atoms with E-state index in [0.717, 1.165) is 166 Å². The van der Waals surface area contributed by atoms with Crippen molar-refractivity contribution in [1.29, 1.82) is 0 Å². The van der Waals surface area contributed by atoms with Gasteiger partial charge in [0.05, 0.1) is 0 Å². The lowest BCUT2D eigenvalue weighted by Crippen LogP contribution is -2.56. The van der Waals surface area contributed by atoms with Gasteiger partial charge in [0.25, 0.3) is 0 Å². The van der Waals surface area contributed by atoms with E-state index in [1.54, 1.807) is 109 Å². The molecule has 12 aromatic carbocycles. The second kappa shape index (κ2) is 49.3. The molecule has 0 bridgehead atoms. The molecule has 0 amide bonds. The molecule has 19 heteroatoms. The van der Waals surface area contributed by atoms with Crippen molar-refractivity contribution < 1.29 is 67.8 Å². The molecule has 0 spiro atoms. The number of benzene rings is 12. The summed E-state index contributed by atoms with van der Waals surface area (Å²) in [5.74, 6) is -3.90. The number of rotatable bonds is 39. The molecule has 0 aromatic heterocycles. The number of nitrogens with zero attached hydrogens (tertiary/aromatic N) is 3. The highest BCUT2D eigenvalue weighted by Crippen LogP contribution is 2.59. The third kappa shape index (κ3) is 24.3. The Balaban J connectivity index is 0.000000211. The summed E-state index contributed by atoms with van der Waals surface area (Å²) in [6.45, 7) is 18.9. The number of quaternary nitrogens is 3. The van der Waals surface area contributed by atoms with E-state index in [9.17, 15) is 39.5 Å². The number of hydrogen-bond donors (Lipinski definition) is 0. The molecule has 12 aromatic rings. The van der Waals surface area contributed by atoms with Crippen LogP contribution in [0.25, 0.3) is 0 Å². The topological polar surface area (TPSA) is 69.2 Å². The van der Waals surface area contributed by atoms with Crippen LogP contribution in [0.4, 0.5) is 121 Å². The van der Waals surface area contributed by atoms with Crippen molar-refractivity contribution in [3.05, 3.63) is 356 Å². The van der Waals surface area contributed by atoms with E-state index in [4.69, 9.17) is 15.1 Å². The van der Waals surface area contributed by atoms with Crippen LogP contribution >= 0.6 is 0 Å². The fourth-order valence-corrected chi connectivity index (χ4v) is 17.3. The molecular weight excluding hydrogens is 1630 g/mol. The van der Waals surface area contributed by atoms with Crippen LogP contribution in [-0.4, -0.2) is 7.32 Å². The Bertz CT molecular complexity index is 4510. The summed E-state index contributed by atoms with van der Waals surface area (Å²) in [5, 5.41) is 25.2. The van der Waals surface area contributed by atoms with Crippen LogP contribution in [-0.2, 0) is 57.8 Å². The van der Waals surface area contributed by atoms with Gasteiger partial charge in [-0.15, -0.1) is 0 Å². The van der Waals surface area contributed by atoms with Gasteiger partial charge in [0.2, 0.25) is 0 Å². The zero-order chi connectivity index (χ0) is 91.8. The van der Waals surface area contributed by atoms with E-state index < -0.39 is 7.32 Å². The SMILES string of the molecule is CCCCc1cc([N+](c2ccc(F)cc2)(c2ccc(F)cc2)c2ccc(F)cc2)c(CCCC)c(CCCC)c1F.CCCCc1cc([N+](c2ccc(F)cc2)(c2ccc(F)cc2)c2ccc(F)cc2)c(CCCC)c(CCCC)c1F.CCCCc1cc([N+](c2ccc(F)cc2)(c2ccc(F)cc2)c2ccc(F)cc2)c(CCCC)c(CCCC)c1F.[O-]B([O-])[O-]. The largest absolute Gasteiger partial charge is 0.907 e. The number of halogens is 12. The van der Waals surface area contributed by atoms with E-state index in [-0.39, 0.29) is 83.3 Å². The van der Waals surface area contributed by atoms with Crippen LogP contribution in [0.15, 0.2) is 237 Å². The Hall–Kier alpha value is -10.4. The van der Waals surface area contributed by atoms with Crippen molar-refractivity contribution in [1.82, 2.24) is 13.4 Å². The lowest BCUT2D eigenvalue weighted by molar-refractivity contribution is -0.479. The van der Waals surface area contributed by atoms with Crippen molar-refractivity contribution in [3.8, 4) is 0 Å². The van der Waals surface area contributed by atoms with E-state index in [0.29, 0.717) is 126 Å². The smallest absolute Gasteiger partial charge is 0.152 e. The van der Waals surface area contributed by atoms with Crippen molar-refractivity contribution >= 4 is 75.6 Å². The molecule has 0 N–H and O–H groups in total. The standard InChI is InChI=1S/3C36H40F4N.BO3/c3*1-4-7-10-26-25-35(33(11-8-5-2)34(36(26)40)12-9-6-3)41(30-19-13-27(37)14-20-30,31-21-15-28(38)16-22-31)32-23-17-29(39)18-24-32;2-1(3)4/h3*13-25H,4-12H2,1-3H3;/q3*+1;-3. The van der Waals surface area contributed by atoms with Gasteiger partial charge in [-0.3, -0.25) is 7.32 Å². The molecule has 0 aliphatic rings. The molecule has 0 radical (unpaired) electrons. The van der Waals surface area contributed by atoms with Gasteiger partial charge >= 0.3 is 0 Å². The summed E-state index contributed by atoms with van der Waals surface area (Å²) in [5.41, 5.74) is 15.6. The average molecular weight is 1750 g/mol. The summed E-state index contributed by atoms with van der Waals surface area (Å²) < 4.78 is 178. The number of unbranched alkanes of at least 4 members (excludes halogenated alkanes) is 9. The number of aryl methyl sites for hydroxylation is 3. The normalized spacial score (nSPS) is 11.5. The molecule has 127 heavy (non-hydrogen) atoms. The molecule has 0 saturated carbocycles. The highest BCUT2D eigenvalue weighted by molar-refractivity contribution is 6.24. The third-order valence-corrected chi connectivity index (χ3v) is 23.7. The summed E-state index contributed by atoms with van der Waals surface area (Å²) >= 11 is 0. The van der Waals surface area contributed by atoms with E-state index in [2.05, 4.69) is 62.3 Å². The van der Waals surface area contributed by atoms with Crippen LogP contribution < -0.4 is 28.5 Å². The highest BCUT2D eigenvalue weighted by atomic mass is 19.2. The molecular formula is C108H120BF12N3O3. The summed E-state index contributed by atoms with van der Waals surface area (Å²) in [6.07, 6.45) is 21.4. The van der Waals surface area contributed by atoms with Crippen molar-refractivity contribution in [3.63, 3.8) is 0 Å². The maximum Gasteiger partial charge on any atom is 0.152 e. The Morgan fingerprint density at radius 2 is 0.307 bits per heavy atom. The minimum atomic E-state index is -2.92. The van der Waals surface area contributed by atoms with E-state index in [1.165, 1.54) is 109 Å². The first-order chi connectivity index (χ1) is 61.3. The third-order valence-electron chi connectivity index (χ3n) is 23.7. The summed E-state index contributed by atoms with van der Waals surface area (Å²) in [4.78, 5) is 0. The quantitative estimate of drug-likeness (QED) is 0.0219. The van der Waals surface area contributed by atoms with Crippen LogP contribution in [0.2, 0.25) is 0 Å². The second-order valence-corrected chi connectivity index (χ2v) is 32.5. The fraction of sp³-hybridized carbons (Fsp3) is 0.333. The van der Waals surface area contributed by atoms with Gasteiger partial charge in [-0.1, -0.05) is 120 Å². The lowest BCUT2D eigenvalue weighted by Gasteiger charge is -2.39. The predicted octanol–water partition coefficient (Wildman–Crippen LogP) is 30.8. The van der Waals surface area contributed by atoms with Gasteiger partial charge in [0.15, 0.2) is 17.1 Å².